The molecule has 0 spiro atoms. The van der Waals surface area contributed by atoms with E-state index in [1.54, 1.807) is 17.6 Å². The van der Waals surface area contributed by atoms with Gasteiger partial charge < -0.3 is 0 Å². The van der Waals surface area contributed by atoms with Gasteiger partial charge in [-0.15, -0.1) is 11.3 Å². The van der Waals surface area contributed by atoms with Crippen molar-refractivity contribution in [2.24, 2.45) is 0 Å². The lowest BCUT2D eigenvalue weighted by molar-refractivity contribution is 0.687. The number of fused-ring (bicyclic) bond motifs is 1. The normalized spacial score (nSPS) is 12.7. The summed E-state index contributed by atoms with van der Waals surface area (Å²) in [6.45, 7) is 0. The van der Waals surface area contributed by atoms with Gasteiger partial charge in [0, 0.05) is 27.5 Å². The Morgan fingerprint density at radius 2 is 1.94 bits per heavy atom. The molecule has 0 fully saturated rings. The Kier molecular flexibility index (Phi) is 2.97. The first kappa shape index (κ1) is 11.6. The number of hydrogen-bond acceptors (Lipinski definition) is 3. The van der Waals surface area contributed by atoms with Gasteiger partial charge in [0.05, 0.1) is 10.2 Å². The van der Waals surface area contributed by atoms with Crippen LogP contribution < -0.4 is 0 Å². The van der Waals surface area contributed by atoms with Crippen molar-refractivity contribution in [1.82, 2.24) is 4.98 Å². The van der Waals surface area contributed by atoms with Crippen molar-refractivity contribution in [3.63, 3.8) is 0 Å². The quantitative estimate of drug-likeness (QED) is 0.712. The number of nitrogens with zero attached hydrogens (tertiary/aromatic N) is 1. The summed E-state index contributed by atoms with van der Waals surface area (Å²) in [6, 6.07) is 15.9. The summed E-state index contributed by atoms with van der Waals surface area (Å²) in [7, 11) is -0.954. The Hall–Kier alpha value is -1.52. The highest BCUT2D eigenvalue weighted by atomic mass is 32.2. The Morgan fingerprint density at radius 1 is 1.11 bits per heavy atom. The van der Waals surface area contributed by atoms with Gasteiger partial charge in [-0.2, -0.15) is 0 Å². The molecule has 1 unspecified atom stereocenters. The predicted octanol–water partition coefficient (Wildman–Crippen LogP) is 3.70. The van der Waals surface area contributed by atoms with Crippen molar-refractivity contribution in [2.45, 2.75) is 4.90 Å². The van der Waals surface area contributed by atoms with Crippen LogP contribution in [0.2, 0.25) is 0 Å². The van der Waals surface area contributed by atoms with E-state index in [0.29, 0.717) is 0 Å². The first-order chi connectivity index (χ1) is 8.74. The molecule has 1 atom stereocenters. The number of thiazole rings is 1. The molecule has 0 saturated carbocycles. The summed E-state index contributed by atoms with van der Waals surface area (Å²) in [5, 5.41) is 0.975. The third-order valence-corrected chi connectivity index (χ3v) is 4.71. The van der Waals surface area contributed by atoms with Crippen LogP contribution in [0.4, 0.5) is 0 Å². The number of aromatic nitrogens is 1. The second-order valence-corrected chi connectivity index (χ2v) is 6.38. The molecule has 2 nitrogen and oxygen atoms in total. The van der Waals surface area contributed by atoms with Crippen molar-refractivity contribution >= 4 is 32.4 Å². The van der Waals surface area contributed by atoms with Gasteiger partial charge in [-0.05, 0) is 24.3 Å². The molecule has 4 heteroatoms. The molecule has 3 aromatic rings. The first-order valence-corrected chi connectivity index (χ1v) is 7.91. The number of hydrogen-bond donors (Lipinski definition) is 0. The Bertz CT molecular complexity index is 700. The molecule has 0 radical (unpaired) electrons. The molecule has 0 saturated heterocycles. The summed E-state index contributed by atoms with van der Waals surface area (Å²) in [6.07, 6.45) is 1.69. The summed E-state index contributed by atoms with van der Waals surface area (Å²) in [5.74, 6) is 0. The number of para-hydroxylation sites is 1. The van der Waals surface area contributed by atoms with Crippen molar-refractivity contribution in [3.8, 4) is 10.6 Å². The maximum Gasteiger partial charge on any atom is 0.124 e. The molecule has 0 bridgehead atoms. The van der Waals surface area contributed by atoms with Gasteiger partial charge in [0.15, 0.2) is 0 Å². The smallest absolute Gasteiger partial charge is 0.124 e. The van der Waals surface area contributed by atoms with Crippen molar-refractivity contribution in [1.29, 1.82) is 0 Å². The van der Waals surface area contributed by atoms with Gasteiger partial charge in [0.25, 0.3) is 0 Å². The fraction of sp³-hybridized carbons (Fsp3) is 0.0714. The van der Waals surface area contributed by atoms with Crippen LogP contribution in [0.3, 0.4) is 0 Å². The molecule has 1 aromatic heterocycles. The largest absolute Gasteiger partial charge is 0.255 e. The minimum absolute atomic E-state index is 0.840. The maximum absolute atomic E-state index is 11.5. The second kappa shape index (κ2) is 4.63. The number of rotatable bonds is 2. The topological polar surface area (TPSA) is 30.0 Å². The van der Waals surface area contributed by atoms with E-state index in [1.165, 1.54) is 4.70 Å². The van der Waals surface area contributed by atoms with Crippen LogP contribution in [0, 0.1) is 0 Å². The van der Waals surface area contributed by atoms with E-state index in [1.807, 2.05) is 42.5 Å². The molecular weight excluding hydrogens is 262 g/mol. The zero-order chi connectivity index (χ0) is 12.5. The van der Waals surface area contributed by atoms with Crippen molar-refractivity contribution in [2.75, 3.05) is 6.26 Å². The molecule has 90 valence electrons. The highest BCUT2D eigenvalue weighted by Crippen LogP contribution is 2.30. The number of benzene rings is 2. The Balaban J connectivity index is 2.13. The Morgan fingerprint density at radius 3 is 2.72 bits per heavy atom. The lowest BCUT2D eigenvalue weighted by Gasteiger charge is -1.99. The van der Waals surface area contributed by atoms with E-state index in [4.69, 9.17) is 0 Å². The highest BCUT2D eigenvalue weighted by Gasteiger charge is 2.07. The Labute approximate surface area is 112 Å². The van der Waals surface area contributed by atoms with Crippen LogP contribution in [-0.4, -0.2) is 15.4 Å². The molecule has 0 aliphatic carbocycles. The molecule has 0 N–H and O–H groups in total. The average molecular weight is 273 g/mol. The third-order valence-electron chi connectivity index (χ3n) is 2.71. The summed E-state index contributed by atoms with van der Waals surface area (Å²) >= 11 is 1.66. The van der Waals surface area contributed by atoms with Crippen LogP contribution in [0.5, 0.6) is 0 Å². The zero-order valence-corrected chi connectivity index (χ0v) is 11.4. The molecule has 2 aromatic carbocycles. The van der Waals surface area contributed by atoms with E-state index in [-0.39, 0.29) is 0 Å². The van der Waals surface area contributed by atoms with Gasteiger partial charge in [0.1, 0.15) is 5.01 Å². The molecule has 0 aliphatic heterocycles. The lowest BCUT2D eigenvalue weighted by atomic mass is 10.2. The van der Waals surface area contributed by atoms with Crippen LogP contribution in [0.1, 0.15) is 0 Å². The summed E-state index contributed by atoms with van der Waals surface area (Å²) < 4.78 is 12.7. The fourth-order valence-corrected chi connectivity index (χ4v) is 3.33. The van der Waals surface area contributed by atoms with Crippen LogP contribution in [-0.2, 0) is 10.8 Å². The van der Waals surface area contributed by atoms with Gasteiger partial charge in [-0.25, -0.2) is 4.98 Å². The molecule has 0 aliphatic rings. The van der Waals surface area contributed by atoms with Crippen LogP contribution in [0.15, 0.2) is 53.4 Å². The van der Waals surface area contributed by atoms with Crippen molar-refractivity contribution < 1.29 is 4.21 Å². The molecule has 1 heterocycles. The zero-order valence-electron chi connectivity index (χ0n) is 9.79. The molecular formula is C14H11NOS2. The molecule has 18 heavy (non-hydrogen) atoms. The van der Waals surface area contributed by atoms with Crippen molar-refractivity contribution in [3.05, 3.63) is 48.5 Å². The van der Waals surface area contributed by atoms with Crippen LogP contribution >= 0.6 is 11.3 Å². The van der Waals surface area contributed by atoms with Gasteiger partial charge >= 0.3 is 0 Å². The van der Waals surface area contributed by atoms with Crippen LogP contribution in [0.25, 0.3) is 20.8 Å². The second-order valence-electron chi connectivity index (χ2n) is 3.97. The van der Waals surface area contributed by atoms with Gasteiger partial charge in [-0.3, -0.25) is 4.21 Å². The maximum atomic E-state index is 11.5. The third kappa shape index (κ3) is 2.09. The minimum atomic E-state index is -0.954. The standard InChI is InChI=1S/C14H11NOS2/c1-18(16)11-6-4-5-10(9-11)14-15-12-7-2-3-8-13(12)17-14/h2-9H,1H3. The van der Waals surface area contributed by atoms with E-state index < -0.39 is 10.8 Å². The van der Waals surface area contributed by atoms with E-state index >= 15 is 0 Å². The minimum Gasteiger partial charge on any atom is -0.255 e. The van der Waals surface area contributed by atoms with Gasteiger partial charge in [-0.1, -0.05) is 24.3 Å². The SMILES string of the molecule is CS(=O)c1cccc(-c2nc3ccccc3s2)c1. The fourth-order valence-electron chi connectivity index (χ4n) is 1.80. The van der Waals surface area contributed by atoms with Gasteiger partial charge in [0.2, 0.25) is 0 Å². The monoisotopic (exact) mass is 273 g/mol. The highest BCUT2D eigenvalue weighted by molar-refractivity contribution is 7.84. The summed E-state index contributed by atoms with van der Waals surface area (Å²) in [5.41, 5.74) is 2.05. The van der Waals surface area contributed by atoms with E-state index in [9.17, 15) is 4.21 Å². The van der Waals surface area contributed by atoms with E-state index in [0.717, 1.165) is 21.0 Å². The molecule has 3 rings (SSSR count). The van der Waals surface area contributed by atoms with E-state index in [2.05, 4.69) is 11.1 Å². The predicted molar refractivity (Wildman–Crippen MR) is 77.4 cm³/mol. The summed E-state index contributed by atoms with van der Waals surface area (Å²) in [4.78, 5) is 5.44. The molecule has 0 amide bonds. The average Bonchev–Trinajstić information content (AvgIpc) is 2.82. The lowest BCUT2D eigenvalue weighted by Crippen LogP contribution is -1.87. The first-order valence-electron chi connectivity index (χ1n) is 5.53.